The Kier molecular flexibility index (Phi) is 7.24. The van der Waals surface area contributed by atoms with Gasteiger partial charge in [0.15, 0.2) is 0 Å². The van der Waals surface area contributed by atoms with Gasteiger partial charge in [0.1, 0.15) is 5.75 Å². The average molecular weight is 427 g/mol. The van der Waals surface area contributed by atoms with Crippen LogP contribution in [0.4, 0.5) is 0 Å². The average Bonchev–Trinajstić information content (AvgIpc) is 2.84. The largest absolute Gasteiger partial charge is 0.497 e. The van der Waals surface area contributed by atoms with Crippen LogP contribution >= 0.6 is 0 Å². The number of piperazine rings is 1. The third-order valence-electron chi connectivity index (χ3n) is 6.84. The summed E-state index contributed by atoms with van der Waals surface area (Å²) in [5.41, 5.74) is 1.30. The molecule has 5 heteroatoms. The first-order chi connectivity index (χ1) is 14.7. The summed E-state index contributed by atoms with van der Waals surface area (Å²) < 4.78 is 18.1. The zero-order valence-electron chi connectivity index (χ0n) is 18.3. The fourth-order valence-electron chi connectivity index (χ4n) is 4.85. The molecule has 162 valence electrons. The molecule has 1 saturated heterocycles. The highest BCUT2D eigenvalue weighted by Crippen LogP contribution is 2.27. The smallest absolute Gasteiger partial charge is 0.118 e. The number of benzene rings is 2. The van der Waals surface area contributed by atoms with Crippen molar-refractivity contribution in [2.45, 2.75) is 60.9 Å². The fraction of sp³-hybridized carbons (Fsp3) is 0.520. The van der Waals surface area contributed by atoms with E-state index in [9.17, 15) is 4.21 Å². The lowest BCUT2D eigenvalue weighted by atomic mass is 9.93. The summed E-state index contributed by atoms with van der Waals surface area (Å²) in [6.07, 6.45) is 7.02. The van der Waals surface area contributed by atoms with E-state index in [1.165, 1.54) is 50.8 Å². The molecule has 0 bridgehead atoms. The van der Waals surface area contributed by atoms with Gasteiger partial charge < -0.3 is 4.74 Å². The number of rotatable bonds is 6. The molecule has 0 N–H and O–H groups in total. The molecule has 1 heterocycles. The van der Waals surface area contributed by atoms with E-state index in [2.05, 4.69) is 28.9 Å². The molecule has 0 spiro atoms. The van der Waals surface area contributed by atoms with Crippen molar-refractivity contribution < 1.29 is 8.95 Å². The molecule has 2 aliphatic rings. The van der Waals surface area contributed by atoms with Crippen molar-refractivity contribution in [1.82, 2.24) is 9.80 Å². The van der Waals surface area contributed by atoms with Gasteiger partial charge in [-0.05, 0) is 61.7 Å². The highest BCUT2D eigenvalue weighted by atomic mass is 32.2. The van der Waals surface area contributed by atoms with E-state index < -0.39 is 10.8 Å². The van der Waals surface area contributed by atoms with Crippen molar-refractivity contribution in [2.75, 3.05) is 33.3 Å². The first-order valence-corrected chi connectivity index (χ1v) is 12.4. The van der Waals surface area contributed by atoms with E-state index in [1.54, 1.807) is 7.11 Å². The monoisotopic (exact) mass is 426 g/mol. The maximum atomic E-state index is 12.9. The summed E-state index contributed by atoms with van der Waals surface area (Å²) in [6, 6.07) is 17.0. The van der Waals surface area contributed by atoms with Crippen LogP contribution in [-0.2, 0) is 10.8 Å². The second kappa shape index (κ2) is 10.1. The summed E-state index contributed by atoms with van der Waals surface area (Å²) in [7, 11) is 0.474. The van der Waals surface area contributed by atoms with Gasteiger partial charge in [-0.3, -0.25) is 9.80 Å². The summed E-state index contributed by atoms with van der Waals surface area (Å²) >= 11 is 0. The van der Waals surface area contributed by atoms with Gasteiger partial charge in [-0.2, -0.15) is 0 Å². The van der Waals surface area contributed by atoms with Crippen molar-refractivity contribution in [3.63, 3.8) is 0 Å². The molecule has 4 rings (SSSR count). The summed E-state index contributed by atoms with van der Waals surface area (Å²) in [6.45, 7) is 6.95. The molecule has 1 saturated carbocycles. The SMILES string of the molecule is COc1ccc(S(=O)c2ccc(C(C)N3CCN(C4CCCCC4)CC3)cc2)cc1. The Labute approximate surface area is 183 Å². The fourth-order valence-corrected chi connectivity index (χ4v) is 5.89. The van der Waals surface area contributed by atoms with Crippen LogP contribution in [0.2, 0.25) is 0 Å². The molecular formula is C25H34N2O2S. The molecule has 0 radical (unpaired) electrons. The minimum atomic E-state index is -1.17. The van der Waals surface area contributed by atoms with Crippen LogP contribution in [0.1, 0.15) is 50.6 Å². The predicted molar refractivity (Wildman–Crippen MR) is 123 cm³/mol. The molecular weight excluding hydrogens is 392 g/mol. The van der Waals surface area contributed by atoms with E-state index in [0.717, 1.165) is 34.7 Å². The Morgan fingerprint density at radius 2 is 1.43 bits per heavy atom. The molecule has 2 atom stereocenters. The molecule has 2 aromatic carbocycles. The van der Waals surface area contributed by atoms with Crippen molar-refractivity contribution in [3.05, 3.63) is 54.1 Å². The lowest BCUT2D eigenvalue weighted by Crippen LogP contribution is -2.51. The molecule has 1 aliphatic heterocycles. The topological polar surface area (TPSA) is 32.8 Å². The van der Waals surface area contributed by atoms with Gasteiger partial charge in [-0.1, -0.05) is 31.4 Å². The van der Waals surface area contributed by atoms with E-state index in [0.29, 0.717) is 6.04 Å². The van der Waals surface area contributed by atoms with E-state index in [1.807, 2.05) is 36.4 Å². The van der Waals surface area contributed by atoms with Crippen LogP contribution in [0.5, 0.6) is 5.75 Å². The lowest BCUT2D eigenvalue weighted by molar-refractivity contribution is 0.0602. The van der Waals surface area contributed by atoms with Gasteiger partial charge in [0, 0.05) is 48.1 Å². The van der Waals surface area contributed by atoms with Gasteiger partial charge >= 0.3 is 0 Å². The van der Waals surface area contributed by atoms with Gasteiger partial charge in [-0.15, -0.1) is 0 Å². The summed E-state index contributed by atoms with van der Waals surface area (Å²) in [5.74, 6) is 0.781. The highest BCUT2D eigenvalue weighted by Gasteiger charge is 2.27. The van der Waals surface area contributed by atoms with Crippen molar-refractivity contribution >= 4 is 10.8 Å². The Hall–Kier alpha value is -1.69. The first kappa shape index (κ1) is 21.5. The lowest BCUT2D eigenvalue weighted by Gasteiger charge is -2.42. The van der Waals surface area contributed by atoms with Crippen molar-refractivity contribution in [1.29, 1.82) is 0 Å². The summed E-state index contributed by atoms with van der Waals surface area (Å²) in [5, 5.41) is 0. The Balaban J connectivity index is 1.34. The van der Waals surface area contributed by atoms with Crippen LogP contribution in [0.25, 0.3) is 0 Å². The molecule has 4 nitrogen and oxygen atoms in total. The normalized spacial score (nSPS) is 21.3. The second-order valence-electron chi connectivity index (χ2n) is 8.55. The number of ether oxygens (including phenoxy) is 1. The minimum absolute atomic E-state index is 0.391. The van der Waals surface area contributed by atoms with Crippen LogP contribution < -0.4 is 4.74 Å². The zero-order chi connectivity index (χ0) is 20.9. The number of nitrogens with zero attached hydrogens (tertiary/aromatic N) is 2. The van der Waals surface area contributed by atoms with E-state index in [-0.39, 0.29) is 0 Å². The molecule has 30 heavy (non-hydrogen) atoms. The van der Waals surface area contributed by atoms with Gasteiger partial charge in [-0.25, -0.2) is 4.21 Å². The first-order valence-electron chi connectivity index (χ1n) is 11.3. The molecule has 2 fully saturated rings. The van der Waals surface area contributed by atoms with Gasteiger partial charge in [0.05, 0.1) is 17.9 Å². The third-order valence-corrected chi connectivity index (χ3v) is 8.24. The maximum Gasteiger partial charge on any atom is 0.118 e. The van der Waals surface area contributed by atoms with E-state index in [4.69, 9.17) is 4.74 Å². The number of methoxy groups -OCH3 is 1. The molecule has 2 unspecified atom stereocenters. The van der Waals surface area contributed by atoms with Gasteiger partial charge in [0.2, 0.25) is 0 Å². The Morgan fingerprint density at radius 1 is 0.867 bits per heavy atom. The zero-order valence-corrected chi connectivity index (χ0v) is 19.1. The van der Waals surface area contributed by atoms with Crippen molar-refractivity contribution in [2.24, 2.45) is 0 Å². The molecule has 0 amide bonds. The highest BCUT2D eigenvalue weighted by molar-refractivity contribution is 7.85. The molecule has 2 aromatic rings. The quantitative estimate of drug-likeness (QED) is 0.660. The van der Waals surface area contributed by atoms with Crippen LogP contribution in [0.3, 0.4) is 0 Å². The van der Waals surface area contributed by atoms with Crippen LogP contribution in [0, 0.1) is 0 Å². The van der Waals surface area contributed by atoms with Crippen LogP contribution in [0.15, 0.2) is 58.3 Å². The minimum Gasteiger partial charge on any atom is -0.497 e. The van der Waals surface area contributed by atoms with Crippen molar-refractivity contribution in [3.8, 4) is 5.75 Å². The molecule has 0 aromatic heterocycles. The number of hydrogen-bond acceptors (Lipinski definition) is 4. The molecule has 1 aliphatic carbocycles. The Bertz CT molecular complexity index is 823. The Morgan fingerprint density at radius 3 is 2.00 bits per heavy atom. The maximum absolute atomic E-state index is 12.9. The third kappa shape index (κ3) is 4.96. The predicted octanol–water partition coefficient (Wildman–Crippen LogP) is 4.87. The van der Waals surface area contributed by atoms with E-state index >= 15 is 0 Å². The second-order valence-corrected chi connectivity index (χ2v) is 10.0. The van der Waals surface area contributed by atoms with Gasteiger partial charge in [0.25, 0.3) is 0 Å². The van der Waals surface area contributed by atoms with Crippen LogP contribution in [-0.4, -0.2) is 53.3 Å². The standard InChI is InChI=1S/C25H34N2O2S/c1-20(26-16-18-27(19-17-26)22-6-4-3-5-7-22)21-8-12-24(13-9-21)30(28)25-14-10-23(29-2)11-15-25/h8-15,20,22H,3-7,16-19H2,1-2H3. The summed E-state index contributed by atoms with van der Waals surface area (Å²) in [4.78, 5) is 6.96. The number of hydrogen-bond donors (Lipinski definition) is 0.